The second kappa shape index (κ2) is 10.4. The number of piperidine rings is 1. The minimum atomic E-state index is -1.46. The van der Waals surface area contributed by atoms with E-state index >= 15 is 0 Å². The zero-order chi connectivity index (χ0) is 29.7. The van der Waals surface area contributed by atoms with Crippen LogP contribution in [0.5, 0.6) is 0 Å². The number of carbonyl (C=O) groups is 1. The lowest BCUT2D eigenvalue weighted by molar-refractivity contribution is -0.312. The molecule has 7 rings (SSSR count). The van der Waals surface area contributed by atoms with E-state index in [2.05, 4.69) is 39.1 Å². The Morgan fingerprint density at radius 1 is 1.12 bits per heavy atom. The van der Waals surface area contributed by atoms with Gasteiger partial charge in [-0.3, -0.25) is 4.79 Å². The fraction of sp³-hybridized carbons (Fsp3) is 0.848. The Balaban J connectivity index is 1.11. The van der Waals surface area contributed by atoms with E-state index in [9.17, 15) is 25.2 Å². The van der Waals surface area contributed by atoms with Crippen molar-refractivity contribution in [2.24, 2.45) is 35.0 Å². The van der Waals surface area contributed by atoms with E-state index in [-0.39, 0.29) is 35.1 Å². The lowest BCUT2D eigenvalue weighted by atomic mass is 9.56. The quantitative estimate of drug-likeness (QED) is 0.314. The number of nitrogens with one attached hydrogen (secondary N) is 1. The van der Waals surface area contributed by atoms with Gasteiger partial charge in [-0.05, 0) is 87.2 Å². The second-order valence-electron chi connectivity index (χ2n) is 14.9. The van der Waals surface area contributed by atoms with E-state index in [1.165, 1.54) is 11.1 Å². The highest BCUT2D eigenvalue weighted by atomic mass is 16.7. The van der Waals surface area contributed by atoms with E-state index < -0.39 is 37.3 Å². The summed E-state index contributed by atoms with van der Waals surface area (Å²) >= 11 is 0. The molecule has 234 valence electrons. The van der Waals surface area contributed by atoms with Crippen molar-refractivity contribution in [3.05, 3.63) is 22.8 Å². The van der Waals surface area contributed by atoms with Crippen LogP contribution in [0.2, 0.25) is 0 Å². The molecule has 0 amide bonds. The van der Waals surface area contributed by atoms with Gasteiger partial charge in [0.05, 0.1) is 24.4 Å². The van der Waals surface area contributed by atoms with Gasteiger partial charge in [0, 0.05) is 23.5 Å². The number of ketones is 1. The number of fused-ring (bicyclic) bond motifs is 6. The minimum Gasteiger partial charge on any atom is -0.394 e. The Morgan fingerprint density at radius 2 is 1.90 bits per heavy atom. The molecule has 5 N–H and O–H groups in total. The van der Waals surface area contributed by atoms with Crippen LogP contribution in [0, 0.1) is 35.0 Å². The number of allylic oxidation sites excluding steroid dienone is 2. The summed E-state index contributed by atoms with van der Waals surface area (Å²) in [5.74, 6) is 1.81. The average Bonchev–Trinajstić information content (AvgIpc) is 3.42. The van der Waals surface area contributed by atoms with Crippen molar-refractivity contribution in [3.8, 4) is 0 Å². The van der Waals surface area contributed by atoms with Crippen LogP contribution in [0.15, 0.2) is 22.8 Å². The highest BCUT2D eigenvalue weighted by molar-refractivity contribution is 6.02. The van der Waals surface area contributed by atoms with Crippen LogP contribution in [0.1, 0.15) is 72.6 Å². The molecule has 9 nitrogen and oxygen atoms in total. The van der Waals surface area contributed by atoms with Gasteiger partial charge in [0.1, 0.15) is 24.4 Å². The molecule has 4 aliphatic carbocycles. The Morgan fingerprint density at radius 3 is 2.67 bits per heavy atom. The van der Waals surface area contributed by atoms with Crippen LogP contribution in [-0.4, -0.2) is 93.9 Å². The normalized spacial score (nSPS) is 53.9. The van der Waals surface area contributed by atoms with Gasteiger partial charge >= 0.3 is 0 Å². The van der Waals surface area contributed by atoms with Gasteiger partial charge in [0.2, 0.25) is 0 Å². The van der Waals surface area contributed by atoms with E-state index in [1.54, 1.807) is 0 Å². The Labute approximate surface area is 248 Å². The van der Waals surface area contributed by atoms with Gasteiger partial charge in [-0.15, -0.1) is 0 Å². The summed E-state index contributed by atoms with van der Waals surface area (Å²) in [6, 6.07) is 0.344. The van der Waals surface area contributed by atoms with E-state index in [0.29, 0.717) is 42.4 Å². The average molecular weight is 588 g/mol. The largest absolute Gasteiger partial charge is 0.394 e. The first-order valence-corrected chi connectivity index (χ1v) is 16.3. The fourth-order valence-corrected chi connectivity index (χ4v) is 10.4. The number of aliphatic hydroxyl groups excluding tert-OH is 4. The van der Waals surface area contributed by atoms with Crippen molar-refractivity contribution >= 4 is 5.78 Å². The van der Waals surface area contributed by atoms with E-state index in [4.69, 9.17) is 14.2 Å². The van der Waals surface area contributed by atoms with Gasteiger partial charge in [-0.1, -0.05) is 32.4 Å². The number of carbonyl (C=O) groups excluding carboxylic acids is 1. The maximum Gasteiger partial charge on any atom is 0.186 e. The van der Waals surface area contributed by atoms with Crippen LogP contribution in [0.25, 0.3) is 0 Å². The van der Waals surface area contributed by atoms with Crippen molar-refractivity contribution in [1.82, 2.24) is 5.32 Å². The first-order chi connectivity index (χ1) is 20.0. The van der Waals surface area contributed by atoms with Gasteiger partial charge in [-0.2, -0.15) is 0 Å². The van der Waals surface area contributed by atoms with Gasteiger partial charge in [0.25, 0.3) is 0 Å². The van der Waals surface area contributed by atoms with Gasteiger partial charge in [0.15, 0.2) is 12.1 Å². The number of hydrogen-bond donors (Lipinski definition) is 5. The first-order valence-electron chi connectivity index (χ1n) is 16.3. The molecule has 3 heterocycles. The molecule has 5 fully saturated rings. The molecule has 3 saturated heterocycles. The minimum absolute atomic E-state index is 0.0482. The number of hydrogen-bond acceptors (Lipinski definition) is 9. The molecule has 0 aromatic rings. The molecule has 0 radical (unpaired) electrons. The summed E-state index contributed by atoms with van der Waals surface area (Å²) in [6.45, 7) is 9.60. The monoisotopic (exact) mass is 587 g/mol. The highest BCUT2D eigenvalue weighted by Gasteiger charge is 2.63. The molecule has 0 bridgehead atoms. The van der Waals surface area contributed by atoms with Crippen molar-refractivity contribution in [2.75, 3.05) is 13.2 Å². The third kappa shape index (κ3) is 4.14. The maximum atomic E-state index is 14.5. The summed E-state index contributed by atoms with van der Waals surface area (Å²) in [5.41, 5.74) is 2.89. The molecular formula is C33H49NO8. The third-order valence-corrected chi connectivity index (χ3v) is 12.8. The Hall–Kier alpha value is -1.17. The summed E-state index contributed by atoms with van der Waals surface area (Å²) in [7, 11) is 0. The van der Waals surface area contributed by atoms with Crippen LogP contribution >= 0.6 is 0 Å². The van der Waals surface area contributed by atoms with Crippen molar-refractivity contribution < 1.29 is 39.4 Å². The first kappa shape index (κ1) is 29.5. The number of rotatable bonds is 3. The summed E-state index contributed by atoms with van der Waals surface area (Å²) in [6.07, 6.45) is 1.93. The predicted octanol–water partition coefficient (Wildman–Crippen LogP) is 2.01. The fourth-order valence-electron chi connectivity index (χ4n) is 10.4. The smallest absolute Gasteiger partial charge is 0.186 e. The van der Waals surface area contributed by atoms with E-state index in [0.717, 1.165) is 44.2 Å². The van der Waals surface area contributed by atoms with Crippen molar-refractivity contribution in [3.63, 3.8) is 0 Å². The van der Waals surface area contributed by atoms with Gasteiger partial charge in [-0.25, -0.2) is 0 Å². The zero-order valence-electron chi connectivity index (χ0n) is 25.4. The topological polar surface area (TPSA) is 138 Å². The molecule has 0 aromatic heterocycles. The summed E-state index contributed by atoms with van der Waals surface area (Å²) < 4.78 is 18.8. The second-order valence-corrected chi connectivity index (χ2v) is 14.9. The molecule has 9 heteroatoms. The number of ether oxygens (including phenoxy) is 3. The lowest BCUT2D eigenvalue weighted by Crippen LogP contribution is -2.60. The van der Waals surface area contributed by atoms with Crippen LogP contribution in [0.4, 0.5) is 0 Å². The molecule has 0 aromatic carbocycles. The Kier molecular flexibility index (Phi) is 7.34. The molecule has 0 unspecified atom stereocenters. The molecular weight excluding hydrogens is 538 g/mol. The predicted molar refractivity (Wildman–Crippen MR) is 153 cm³/mol. The molecule has 15 atom stereocenters. The van der Waals surface area contributed by atoms with Crippen LogP contribution in [-0.2, 0) is 19.0 Å². The zero-order valence-corrected chi connectivity index (χ0v) is 25.4. The maximum absolute atomic E-state index is 14.5. The standard InChI is InChI=1S/C33H49NO8/c1-15-11-22-26(34-13-15)17(3)33(42-22)10-8-20-21-6-5-18-12-19(40-31-30(39)29(38)27(36)23(14-35)41-31)7-9-32(18,4)25(21)28(37)24(20)16(33)2/h5,15,17,19-23,25-27,29-31,34-36,38-39H,6-14H2,1-4H3/t15-,17+,19-,20-,21+,22+,23+,25+,26-,27+,29-,30+,31+,32-,33-/m0/s1. The molecule has 2 saturated carbocycles. The van der Waals surface area contributed by atoms with Crippen LogP contribution < -0.4 is 5.32 Å². The number of aliphatic hydroxyl groups is 4. The molecule has 7 aliphatic rings. The highest BCUT2D eigenvalue weighted by Crippen LogP contribution is 2.64. The molecule has 1 spiro atoms. The third-order valence-electron chi connectivity index (χ3n) is 12.8. The SMILES string of the molecule is CC1=C2C(=O)[C@H]3[C@H](CC=C4C[C@@H](O[C@@H]5O[C@H](CO)[C@@H](O)[C@H](O)[C@H]5O)CC[C@@]43C)[C@@H]2CC[C@]12O[C@@H]1C[C@H](C)CN[C@H]1[C@H]2C. The van der Waals surface area contributed by atoms with Gasteiger partial charge < -0.3 is 40.0 Å². The summed E-state index contributed by atoms with van der Waals surface area (Å²) in [4.78, 5) is 14.5. The Bertz CT molecular complexity index is 1170. The van der Waals surface area contributed by atoms with Crippen molar-refractivity contribution in [1.29, 1.82) is 0 Å². The molecule has 42 heavy (non-hydrogen) atoms. The van der Waals surface area contributed by atoms with Crippen LogP contribution in [0.3, 0.4) is 0 Å². The summed E-state index contributed by atoms with van der Waals surface area (Å²) in [5, 5.41) is 44.2. The molecule has 3 aliphatic heterocycles. The van der Waals surface area contributed by atoms with E-state index in [1.807, 2.05) is 0 Å². The lowest BCUT2D eigenvalue weighted by Gasteiger charge is -2.49. The number of Topliss-reactive ketones (excluding diaryl/α,β-unsaturated/α-hetero) is 1. The van der Waals surface area contributed by atoms with Crippen molar-refractivity contribution in [2.45, 2.75) is 127 Å².